The van der Waals surface area contributed by atoms with Crippen LogP contribution < -0.4 is 0 Å². The molecule has 3 rings (SSSR count). The predicted octanol–water partition coefficient (Wildman–Crippen LogP) is 3.17. The van der Waals surface area contributed by atoms with Crippen LogP contribution in [0.2, 0.25) is 5.02 Å². The number of likely N-dealkylation sites (tertiary alicyclic amines) is 2. The van der Waals surface area contributed by atoms with Gasteiger partial charge >= 0.3 is 0 Å². The first-order valence-electron chi connectivity index (χ1n) is 7.98. The van der Waals surface area contributed by atoms with Crippen molar-refractivity contribution < 1.29 is 4.79 Å². The van der Waals surface area contributed by atoms with Gasteiger partial charge in [-0.25, -0.2) is 0 Å². The summed E-state index contributed by atoms with van der Waals surface area (Å²) in [4.78, 5) is 17.0. The first kappa shape index (κ1) is 14.9. The second kappa shape index (κ2) is 6.80. The van der Waals surface area contributed by atoms with E-state index in [0.717, 1.165) is 50.6 Å². The van der Waals surface area contributed by atoms with Crippen LogP contribution in [0.25, 0.3) is 0 Å². The van der Waals surface area contributed by atoms with Crippen LogP contribution in [0.1, 0.15) is 31.2 Å². The van der Waals surface area contributed by atoms with Gasteiger partial charge in [-0.15, -0.1) is 0 Å². The van der Waals surface area contributed by atoms with Gasteiger partial charge in [0.05, 0.1) is 5.92 Å². The fraction of sp³-hybridized carbons (Fsp3) is 0.588. The molecule has 1 aromatic carbocycles. The van der Waals surface area contributed by atoms with Gasteiger partial charge in [0.1, 0.15) is 0 Å². The molecule has 0 spiro atoms. The van der Waals surface area contributed by atoms with Gasteiger partial charge in [0, 0.05) is 31.2 Å². The molecule has 0 saturated carbocycles. The fourth-order valence-electron chi connectivity index (χ4n) is 3.44. The number of hydrogen-bond donors (Lipinski definition) is 0. The largest absolute Gasteiger partial charge is 0.342 e. The lowest BCUT2D eigenvalue weighted by atomic mass is 9.96. The molecule has 1 aromatic rings. The van der Waals surface area contributed by atoms with E-state index in [2.05, 4.69) is 21.9 Å². The number of benzene rings is 1. The van der Waals surface area contributed by atoms with Crippen LogP contribution >= 0.6 is 11.6 Å². The van der Waals surface area contributed by atoms with Crippen molar-refractivity contribution in [1.82, 2.24) is 9.80 Å². The lowest BCUT2D eigenvalue weighted by molar-refractivity contribution is -0.136. The molecule has 0 bridgehead atoms. The standard InChI is InChI=1S/C17H23ClN2O/c18-16-7-5-14(6-8-16)12-19-9-3-4-15(13-19)17(21)20-10-1-2-11-20/h5-8,15H,1-4,9-13H2/t15-/m1/s1. The van der Waals surface area contributed by atoms with Gasteiger partial charge in [-0.05, 0) is 49.9 Å². The number of nitrogens with zero attached hydrogens (tertiary/aromatic N) is 2. The minimum Gasteiger partial charge on any atom is -0.342 e. The molecule has 1 amide bonds. The average Bonchev–Trinajstić information content (AvgIpc) is 3.03. The number of carbonyl (C=O) groups is 1. The van der Waals surface area contributed by atoms with Crippen molar-refractivity contribution in [2.24, 2.45) is 5.92 Å². The first-order valence-corrected chi connectivity index (χ1v) is 8.36. The Morgan fingerprint density at radius 1 is 1.10 bits per heavy atom. The Morgan fingerprint density at radius 3 is 2.52 bits per heavy atom. The second-order valence-corrected chi connectivity index (χ2v) is 6.67. The monoisotopic (exact) mass is 306 g/mol. The van der Waals surface area contributed by atoms with E-state index in [4.69, 9.17) is 11.6 Å². The molecular weight excluding hydrogens is 284 g/mol. The van der Waals surface area contributed by atoms with Gasteiger partial charge in [-0.1, -0.05) is 23.7 Å². The maximum atomic E-state index is 12.5. The zero-order chi connectivity index (χ0) is 14.7. The van der Waals surface area contributed by atoms with Gasteiger partial charge in [0.25, 0.3) is 0 Å². The van der Waals surface area contributed by atoms with Crippen LogP contribution in [0.15, 0.2) is 24.3 Å². The summed E-state index contributed by atoms with van der Waals surface area (Å²) in [5.74, 6) is 0.581. The summed E-state index contributed by atoms with van der Waals surface area (Å²) in [6.07, 6.45) is 4.52. The molecule has 0 aliphatic carbocycles. The molecule has 2 fully saturated rings. The Kier molecular flexibility index (Phi) is 4.81. The van der Waals surface area contributed by atoms with E-state index >= 15 is 0 Å². The van der Waals surface area contributed by atoms with E-state index in [9.17, 15) is 4.79 Å². The van der Waals surface area contributed by atoms with Crippen molar-refractivity contribution in [1.29, 1.82) is 0 Å². The van der Waals surface area contributed by atoms with Crippen LogP contribution in [0, 0.1) is 5.92 Å². The molecule has 21 heavy (non-hydrogen) atoms. The van der Waals surface area contributed by atoms with Crippen molar-refractivity contribution >= 4 is 17.5 Å². The summed E-state index contributed by atoms with van der Waals surface area (Å²) in [5, 5.41) is 0.777. The van der Waals surface area contributed by atoms with E-state index < -0.39 is 0 Å². The summed E-state index contributed by atoms with van der Waals surface area (Å²) >= 11 is 5.93. The molecule has 0 aromatic heterocycles. The van der Waals surface area contributed by atoms with Crippen molar-refractivity contribution in [2.45, 2.75) is 32.2 Å². The highest BCUT2D eigenvalue weighted by molar-refractivity contribution is 6.30. The number of hydrogen-bond acceptors (Lipinski definition) is 2. The van der Waals surface area contributed by atoms with Crippen LogP contribution in [-0.4, -0.2) is 41.9 Å². The Balaban J connectivity index is 1.57. The third kappa shape index (κ3) is 3.78. The van der Waals surface area contributed by atoms with Crippen molar-refractivity contribution in [2.75, 3.05) is 26.2 Å². The number of carbonyl (C=O) groups excluding carboxylic acids is 1. The minimum absolute atomic E-state index is 0.198. The number of amides is 1. The highest BCUT2D eigenvalue weighted by Gasteiger charge is 2.30. The summed E-state index contributed by atoms with van der Waals surface area (Å²) in [6, 6.07) is 8.03. The molecular formula is C17H23ClN2O. The number of halogens is 1. The second-order valence-electron chi connectivity index (χ2n) is 6.23. The lowest BCUT2D eigenvalue weighted by Gasteiger charge is -2.34. The molecule has 1 atom stereocenters. The third-order valence-corrected chi connectivity index (χ3v) is 4.84. The molecule has 2 aliphatic rings. The fourth-order valence-corrected chi connectivity index (χ4v) is 3.57. The molecule has 3 nitrogen and oxygen atoms in total. The smallest absolute Gasteiger partial charge is 0.226 e. The maximum absolute atomic E-state index is 12.5. The predicted molar refractivity (Wildman–Crippen MR) is 85.3 cm³/mol. The third-order valence-electron chi connectivity index (χ3n) is 4.59. The highest BCUT2D eigenvalue weighted by atomic mass is 35.5. The first-order chi connectivity index (χ1) is 10.2. The maximum Gasteiger partial charge on any atom is 0.226 e. The molecule has 2 saturated heterocycles. The van der Waals surface area contributed by atoms with E-state index in [-0.39, 0.29) is 5.92 Å². The molecule has 0 N–H and O–H groups in total. The Hall–Kier alpha value is -1.06. The summed E-state index contributed by atoms with van der Waals surface area (Å²) in [6.45, 7) is 4.84. The van der Waals surface area contributed by atoms with E-state index in [1.165, 1.54) is 18.4 Å². The quantitative estimate of drug-likeness (QED) is 0.856. The highest BCUT2D eigenvalue weighted by Crippen LogP contribution is 2.23. The minimum atomic E-state index is 0.198. The molecule has 2 heterocycles. The molecule has 0 radical (unpaired) electrons. The normalized spacial score (nSPS) is 23.5. The Bertz CT molecular complexity index is 482. The topological polar surface area (TPSA) is 23.6 Å². The summed E-state index contributed by atoms with van der Waals surface area (Å²) in [7, 11) is 0. The molecule has 114 valence electrons. The van der Waals surface area contributed by atoms with E-state index in [1.807, 2.05) is 12.1 Å². The zero-order valence-electron chi connectivity index (χ0n) is 12.4. The van der Waals surface area contributed by atoms with Crippen molar-refractivity contribution in [3.8, 4) is 0 Å². The van der Waals surface area contributed by atoms with E-state index in [1.54, 1.807) is 0 Å². The van der Waals surface area contributed by atoms with Gasteiger partial charge in [-0.2, -0.15) is 0 Å². The number of rotatable bonds is 3. The van der Waals surface area contributed by atoms with Crippen molar-refractivity contribution in [3.63, 3.8) is 0 Å². The van der Waals surface area contributed by atoms with Crippen LogP contribution in [0.5, 0.6) is 0 Å². The summed E-state index contributed by atoms with van der Waals surface area (Å²) in [5.41, 5.74) is 1.27. The van der Waals surface area contributed by atoms with Crippen LogP contribution in [0.3, 0.4) is 0 Å². The van der Waals surface area contributed by atoms with Crippen LogP contribution in [-0.2, 0) is 11.3 Å². The van der Waals surface area contributed by atoms with Crippen LogP contribution in [0.4, 0.5) is 0 Å². The Labute approximate surface area is 131 Å². The van der Waals surface area contributed by atoms with E-state index in [0.29, 0.717) is 5.91 Å². The van der Waals surface area contributed by atoms with Crippen molar-refractivity contribution in [3.05, 3.63) is 34.9 Å². The molecule has 2 aliphatic heterocycles. The Morgan fingerprint density at radius 2 is 1.81 bits per heavy atom. The van der Waals surface area contributed by atoms with Gasteiger partial charge in [-0.3, -0.25) is 9.69 Å². The number of piperidine rings is 1. The van der Waals surface area contributed by atoms with Gasteiger partial charge in [0.2, 0.25) is 5.91 Å². The summed E-state index contributed by atoms with van der Waals surface area (Å²) < 4.78 is 0. The molecule has 0 unspecified atom stereocenters. The zero-order valence-corrected chi connectivity index (χ0v) is 13.2. The SMILES string of the molecule is O=C([C@@H]1CCCN(Cc2ccc(Cl)cc2)C1)N1CCCC1. The average molecular weight is 307 g/mol. The van der Waals surface area contributed by atoms with Gasteiger partial charge in [0.15, 0.2) is 0 Å². The molecule has 4 heteroatoms. The lowest BCUT2D eigenvalue weighted by Crippen LogP contribution is -2.43. The van der Waals surface area contributed by atoms with Gasteiger partial charge < -0.3 is 4.90 Å².